The second-order valence-corrected chi connectivity index (χ2v) is 10.0. The zero-order valence-corrected chi connectivity index (χ0v) is 21.6. The zero-order chi connectivity index (χ0) is 24.8. The predicted octanol–water partition coefficient (Wildman–Crippen LogP) is 4.96. The van der Waals surface area contributed by atoms with Crippen molar-refractivity contribution in [1.82, 2.24) is 14.4 Å². The topological polar surface area (TPSA) is 54.8 Å². The summed E-state index contributed by atoms with van der Waals surface area (Å²) in [6, 6.07) is 12.1. The van der Waals surface area contributed by atoms with Crippen molar-refractivity contribution in [2.45, 2.75) is 80.1 Å². The van der Waals surface area contributed by atoms with Gasteiger partial charge in [-0.1, -0.05) is 39.8 Å². The van der Waals surface area contributed by atoms with E-state index in [0.29, 0.717) is 13.1 Å². The number of ether oxygens (including phenoxy) is 1. The van der Waals surface area contributed by atoms with Gasteiger partial charge in [-0.25, -0.2) is 0 Å². The van der Waals surface area contributed by atoms with E-state index in [0.717, 1.165) is 23.4 Å². The van der Waals surface area contributed by atoms with E-state index in [4.69, 9.17) is 4.74 Å². The SMILES string of the molecule is CCC(C)N(Cc1cccn1Cc1cccc(OC)c1)C(=O)CN(C(=O)C(C)(C)C)C(C)C. The molecule has 0 bridgehead atoms. The average molecular weight is 456 g/mol. The normalized spacial score (nSPS) is 12.5. The third-order valence-electron chi connectivity index (χ3n) is 6.02. The number of hydrogen-bond acceptors (Lipinski definition) is 3. The lowest BCUT2D eigenvalue weighted by atomic mass is 9.94. The first kappa shape index (κ1) is 26.5. The van der Waals surface area contributed by atoms with E-state index < -0.39 is 5.41 Å². The minimum absolute atomic E-state index is 0.00338. The van der Waals surface area contributed by atoms with Crippen molar-refractivity contribution in [2.24, 2.45) is 5.41 Å². The highest BCUT2D eigenvalue weighted by Gasteiger charge is 2.32. The van der Waals surface area contributed by atoms with Gasteiger partial charge < -0.3 is 19.1 Å². The van der Waals surface area contributed by atoms with Gasteiger partial charge in [0.2, 0.25) is 11.8 Å². The standard InChI is InChI=1S/C27H41N3O3/c1-9-21(4)30(25(31)19-29(20(2)3)26(32)27(5,6)7)18-23-13-11-15-28(23)17-22-12-10-14-24(16-22)33-8/h10-16,20-21H,9,17-19H2,1-8H3. The zero-order valence-electron chi connectivity index (χ0n) is 21.6. The molecule has 0 fully saturated rings. The van der Waals surface area contributed by atoms with Gasteiger partial charge in [0.15, 0.2) is 0 Å². The van der Waals surface area contributed by atoms with Gasteiger partial charge in [-0.3, -0.25) is 9.59 Å². The summed E-state index contributed by atoms with van der Waals surface area (Å²) in [6.45, 7) is 15.1. The van der Waals surface area contributed by atoms with Gasteiger partial charge in [0.25, 0.3) is 0 Å². The molecule has 0 aliphatic carbocycles. The Morgan fingerprint density at radius 1 is 1.06 bits per heavy atom. The summed E-state index contributed by atoms with van der Waals surface area (Å²) >= 11 is 0. The highest BCUT2D eigenvalue weighted by Crippen LogP contribution is 2.21. The summed E-state index contributed by atoms with van der Waals surface area (Å²) < 4.78 is 7.52. The van der Waals surface area contributed by atoms with E-state index in [9.17, 15) is 9.59 Å². The van der Waals surface area contributed by atoms with Crippen LogP contribution in [0.2, 0.25) is 0 Å². The van der Waals surface area contributed by atoms with E-state index >= 15 is 0 Å². The Morgan fingerprint density at radius 2 is 1.76 bits per heavy atom. The highest BCUT2D eigenvalue weighted by atomic mass is 16.5. The molecule has 2 amide bonds. The first-order chi connectivity index (χ1) is 15.5. The van der Waals surface area contributed by atoms with Crippen molar-refractivity contribution >= 4 is 11.8 Å². The highest BCUT2D eigenvalue weighted by molar-refractivity contribution is 5.87. The van der Waals surface area contributed by atoms with E-state index in [1.54, 1.807) is 12.0 Å². The molecule has 1 aromatic carbocycles. The first-order valence-electron chi connectivity index (χ1n) is 11.8. The van der Waals surface area contributed by atoms with Crippen molar-refractivity contribution in [2.75, 3.05) is 13.7 Å². The Hall–Kier alpha value is -2.76. The van der Waals surface area contributed by atoms with Gasteiger partial charge in [-0.15, -0.1) is 0 Å². The summed E-state index contributed by atoms with van der Waals surface area (Å²) in [7, 11) is 1.67. The minimum atomic E-state index is -0.531. The molecule has 2 rings (SSSR count). The molecule has 6 heteroatoms. The fourth-order valence-corrected chi connectivity index (χ4v) is 3.76. The third-order valence-corrected chi connectivity index (χ3v) is 6.02. The Kier molecular flexibility index (Phi) is 9.15. The van der Waals surface area contributed by atoms with E-state index in [-0.39, 0.29) is 30.4 Å². The van der Waals surface area contributed by atoms with Gasteiger partial charge in [0, 0.05) is 35.9 Å². The summed E-state index contributed by atoms with van der Waals surface area (Å²) in [4.78, 5) is 30.1. The summed E-state index contributed by atoms with van der Waals surface area (Å²) in [5.41, 5.74) is 1.66. The van der Waals surface area contributed by atoms with Gasteiger partial charge in [-0.2, -0.15) is 0 Å². The van der Waals surface area contributed by atoms with Crippen molar-refractivity contribution in [3.8, 4) is 5.75 Å². The molecule has 0 saturated carbocycles. The van der Waals surface area contributed by atoms with Crippen LogP contribution >= 0.6 is 0 Å². The molecule has 0 aliphatic rings. The molecular weight excluding hydrogens is 414 g/mol. The van der Waals surface area contributed by atoms with Crippen molar-refractivity contribution < 1.29 is 14.3 Å². The van der Waals surface area contributed by atoms with Crippen LogP contribution in [0.3, 0.4) is 0 Å². The van der Waals surface area contributed by atoms with Crippen LogP contribution in [-0.2, 0) is 22.7 Å². The number of rotatable bonds is 10. The maximum atomic E-state index is 13.5. The van der Waals surface area contributed by atoms with Gasteiger partial charge in [0.05, 0.1) is 13.7 Å². The molecule has 1 heterocycles. The van der Waals surface area contributed by atoms with Crippen molar-refractivity contribution in [3.05, 3.63) is 53.9 Å². The third kappa shape index (κ3) is 7.11. The predicted molar refractivity (Wildman–Crippen MR) is 133 cm³/mol. The Bertz CT molecular complexity index is 927. The van der Waals surface area contributed by atoms with E-state index in [2.05, 4.69) is 30.5 Å². The first-order valence-corrected chi connectivity index (χ1v) is 11.8. The summed E-state index contributed by atoms with van der Waals surface area (Å²) in [6.07, 6.45) is 2.88. The lowest BCUT2D eigenvalue weighted by Crippen LogP contribution is -2.50. The largest absolute Gasteiger partial charge is 0.497 e. The number of carbonyl (C=O) groups is 2. The molecule has 2 aromatic rings. The number of hydrogen-bond donors (Lipinski definition) is 0. The van der Waals surface area contributed by atoms with Crippen molar-refractivity contribution in [3.63, 3.8) is 0 Å². The molecule has 1 unspecified atom stereocenters. The number of amides is 2. The molecule has 1 aromatic heterocycles. The van der Waals surface area contributed by atoms with Crippen LogP contribution in [0.15, 0.2) is 42.6 Å². The van der Waals surface area contributed by atoms with E-state index in [1.807, 2.05) is 70.0 Å². The molecule has 0 radical (unpaired) electrons. The van der Waals surface area contributed by atoms with Crippen LogP contribution in [0.25, 0.3) is 0 Å². The van der Waals surface area contributed by atoms with E-state index in [1.165, 1.54) is 0 Å². The lowest BCUT2D eigenvalue weighted by Gasteiger charge is -2.36. The lowest BCUT2D eigenvalue weighted by molar-refractivity contribution is -0.148. The second-order valence-electron chi connectivity index (χ2n) is 10.0. The van der Waals surface area contributed by atoms with Gasteiger partial charge in [0.1, 0.15) is 12.3 Å². The quantitative estimate of drug-likeness (QED) is 0.509. The fourth-order valence-electron chi connectivity index (χ4n) is 3.76. The molecule has 0 spiro atoms. The molecule has 0 aliphatic heterocycles. The number of methoxy groups -OCH3 is 1. The number of carbonyl (C=O) groups excluding carboxylic acids is 2. The molecule has 33 heavy (non-hydrogen) atoms. The van der Waals surface area contributed by atoms with Crippen LogP contribution in [-0.4, -0.2) is 51.9 Å². The fraction of sp³-hybridized carbons (Fsp3) is 0.556. The molecule has 0 N–H and O–H groups in total. The summed E-state index contributed by atoms with van der Waals surface area (Å²) in [5.74, 6) is 0.802. The van der Waals surface area contributed by atoms with Crippen LogP contribution in [0.5, 0.6) is 5.75 Å². The van der Waals surface area contributed by atoms with Gasteiger partial charge in [-0.05, 0) is 57.0 Å². The van der Waals surface area contributed by atoms with Crippen LogP contribution < -0.4 is 4.74 Å². The van der Waals surface area contributed by atoms with Crippen LogP contribution in [0, 0.1) is 5.41 Å². The molecule has 6 nitrogen and oxygen atoms in total. The Balaban J connectivity index is 2.24. The second kappa shape index (κ2) is 11.4. The minimum Gasteiger partial charge on any atom is -0.497 e. The van der Waals surface area contributed by atoms with Crippen LogP contribution in [0.4, 0.5) is 0 Å². The monoisotopic (exact) mass is 455 g/mol. The van der Waals surface area contributed by atoms with Gasteiger partial charge >= 0.3 is 0 Å². The average Bonchev–Trinajstić information content (AvgIpc) is 3.20. The van der Waals surface area contributed by atoms with Crippen LogP contribution in [0.1, 0.15) is 66.1 Å². The number of aromatic nitrogens is 1. The van der Waals surface area contributed by atoms with Crippen molar-refractivity contribution in [1.29, 1.82) is 0 Å². The number of nitrogens with zero attached hydrogens (tertiary/aromatic N) is 3. The maximum absolute atomic E-state index is 13.5. The molecule has 1 atom stereocenters. The number of benzene rings is 1. The maximum Gasteiger partial charge on any atom is 0.242 e. The molecule has 0 saturated heterocycles. The molecular formula is C27H41N3O3. The Labute approximate surface area is 199 Å². The smallest absolute Gasteiger partial charge is 0.242 e. The summed E-state index contributed by atoms with van der Waals surface area (Å²) in [5, 5.41) is 0. The Morgan fingerprint density at radius 3 is 2.33 bits per heavy atom. The molecule has 182 valence electrons.